The number of hydrogen-bond donors (Lipinski definition) is 2. The maximum atomic E-state index is 6.02. The summed E-state index contributed by atoms with van der Waals surface area (Å²) in [5.41, 5.74) is 7.97. The van der Waals surface area contributed by atoms with Crippen molar-refractivity contribution in [2.45, 2.75) is 0 Å². The van der Waals surface area contributed by atoms with Gasteiger partial charge in [-0.2, -0.15) is 0 Å². The summed E-state index contributed by atoms with van der Waals surface area (Å²) < 4.78 is 5.20. The molecule has 0 saturated heterocycles. The molecule has 0 aliphatic carbocycles. The zero-order valence-corrected chi connectivity index (χ0v) is 13.1. The first-order chi connectivity index (χ1) is 10.6. The predicted octanol–water partition coefficient (Wildman–Crippen LogP) is 4.27. The van der Waals surface area contributed by atoms with Gasteiger partial charge in [-0.05, 0) is 24.3 Å². The molecule has 0 spiro atoms. The Kier molecular flexibility index (Phi) is 3.92. The molecule has 0 bridgehead atoms. The second kappa shape index (κ2) is 5.87. The fraction of sp³-hybridized carbons (Fsp3) is 0.0667. The number of hydrogen-bond acceptors (Lipinski definition) is 5. The first kappa shape index (κ1) is 14.7. The predicted molar refractivity (Wildman–Crippen MR) is 90.2 cm³/mol. The van der Waals surface area contributed by atoms with E-state index in [-0.39, 0.29) is 0 Å². The van der Waals surface area contributed by atoms with Crippen LogP contribution in [0.1, 0.15) is 0 Å². The summed E-state index contributed by atoms with van der Waals surface area (Å²) in [5, 5.41) is 4.93. The van der Waals surface area contributed by atoms with E-state index < -0.39 is 0 Å². The van der Waals surface area contributed by atoms with Crippen LogP contribution in [0.4, 0.5) is 17.2 Å². The van der Waals surface area contributed by atoms with Crippen molar-refractivity contribution in [1.29, 1.82) is 0 Å². The molecule has 5 nitrogen and oxygen atoms in total. The van der Waals surface area contributed by atoms with Crippen LogP contribution >= 0.6 is 23.2 Å². The van der Waals surface area contributed by atoms with Crippen molar-refractivity contribution in [3.63, 3.8) is 0 Å². The molecule has 112 valence electrons. The molecule has 3 rings (SSSR count). The molecule has 0 radical (unpaired) electrons. The molecule has 2 aromatic carbocycles. The molecular weight excluding hydrogens is 323 g/mol. The molecule has 3 N–H and O–H groups in total. The summed E-state index contributed by atoms with van der Waals surface area (Å²) in [6.45, 7) is 0. The third-order valence-electron chi connectivity index (χ3n) is 3.17. The Bertz CT molecular complexity index is 854. The van der Waals surface area contributed by atoms with Crippen molar-refractivity contribution in [1.82, 2.24) is 9.97 Å². The lowest BCUT2D eigenvalue weighted by molar-refractivity contribution is 0.417. The average molecular weight is 335 g/mol. The highest BCUT2D eigenvalue weighted by Gasteiger charge is 2.09. The Morgan fingerprint density at radius 3 is 2.64 bits per heavy atom. The Morgan fingerprint density at radius 1 is 1.09 bits per heavy atom. The maximum absolute atomic E-state index is 6.02. The fourth-order valence-electron chi connectivity index (χ4n) is 2.09. The lowest BCUT2D eigenvalue weighted by atomic mass is 10.2. The van der Waals surface area contributed by atoms with Crippen LogP contribution in [-0.2, 0) is 0 Å². The van der Waals surface area contributed by atoms with Crippen LogP contribution in [0.3, 0.4) is 0 Å². The monoisotopic (exact) mass is 334 g/mol. The molecule has 0 unspecified atom stereocenters. The number of fused-ring (bicyclic) bond motifs is 1. The van der Waals surface area contributed by atoms with Crippen LogP contribution in [0.2, 0.25) is 10.0 Å². The van der Waals surface area contributed by atoms with E-state index in [0.717, 1.165) is 16.6 Å². The van der Waals surface area contributed by atoms with E-state index in [0.29, 0.717) is 27.3 Å². The molecule has 1 heterocycles. The highest BCUT2D eigenvalue weighted by Crippen LogP contribution is 2.32. The molecule has 0 saturated carbocycles. The minimum atomic E-state index is 0.464. The molecule has 0 aliphatic rings. The highest BCUT2D eigenvalue weighted by molar-refractivity contribution is 6.42. The minimum absolute atomic E-state index is 0.464. The molecule has 7 heteroatoms. The van der Waals surface area contributed by atoms with E-state index in [1.54, 1.807) is 31.4 Å². The van der Waals surface area contributed by atoms with Gasteiger partial charge in [-0.15, -0.1) is 0 Å². The van der Waals surface area contributed by atoms with E-state index in [9.17, 15) is 0 Å². The van der Waals surface area contributed by atoms with Gasteiger partial charge in [-0.1, -0.05) is 23.2 Å². The quantitative estimate of drug-likeness (QED) is 0.699. The Balaban J connectivity index is 2.06. The molecule has 1 aromatic heterocycles. The number of nitrogens with one attached hydrogen (secondary N) is 1. The SMILES string of the molecule is COc1cc2ncnc(Nc3ccc(Cl)c(Cl)c3)c2cc1N. The van der Waals surface area contributed by atoms with Crippen LogP contribution in [0.15, 0.2) is 36.7 Å². The molecule has 22 heavy (non-hydrogen) atoms. The number of nitrogens with zero attached hydrogens (tertiary/aromatic N) is 2. The zero-order chi connectivity index (χ0) is 15.7. The number of anilines is 3. The molecule has 3 aromatic rings. The second-order valence-corrected chi connectivity index (χ2v) is 5.40. The fourth-order valence-corrected chi connectivity index (χ4v) is 2.39. The van der Waals surface area contributed by atoms with Gasteiger partial charge in [0.05, 0.1) is 28.4 Å². The van der Waals surface area contributed by atoms with E-state index >= 15 is 0 Å². The van der Waals surface area contributed by atoms with Gasteiger partial charge in [0.2, 0.25) is 0 Å². The summed E-state index contributed by atoms with van der Waals surface area (Å²) in [6.07, 6.45) is 1.47. The second-order valence-electron chi connectivity index (χ2n) is 4.59. The van der Waals surface area contributed by atoms with Gasteiger partial charge in [-0.3, -0.25) is 0 Å². The number of benzene rings is 2. The first-order valence-electron chi connectivity index (χ1n) is 6.39. The van der Waals surface area contributed by atoms with Gasteiger partial charge >= 0.3 is 0 Å². The summed E-state index contributed by atoms with van der Waals surface area (Å²) in [4.78, 5) is 8.49. The third kappa shape index (κ3) is 2.73. The number of aromatic nitrogens is 2. The third-order valence-corrected chi connectivity index (χ3v) is 3.91. The Hall–Kier alpha value is -2.24. The molecule has 0 aliphatic heterocycles. The van der Waals surface area contributed by atoms with Crippen molar-refractivity contribution < 1.29 is 4.74 Å². The van der Waals surface area contributed by atoms with Gasteiger partial charge in [-0.25, -0.2) is 9.97 Å². The van der Waals surface area contributed by atoms with Crippen molar-refractivity contribution in [2.75, 3.05) is 18.2 Å². The summed E-state index contributed by atoms with van der Waals surface area (Å²) in [6, 6.07) is 8.80. The number of rotatable bonds is 3. The zero-order valence-electron chi connectivity index (χ0n) is 11.6. The van der Waals surface area contributed by atoms with E-state index in [2.05, 4.69) is 15.3 Å². The molecule has 0 atom stereocenters. The summed E-state index contributed by atoms with van der Waals surface area (Å²) in [5.74, 6) is 1.20. The number of halogens is 2. The van der Waals surface area contributed by atoms with Gasteiger partial charge < -0.3 is 15.8 Å². The van der Waals surface area contributed by atoms with E-state index in [1.807, 2.05) is 6.07 Å². The largest absolute Gasteiger partial charge is 0.495 e. The van der Waals surface area contributed by atoms with Crippen LogP contribution in [0, 0.1) is 0 Å². The van der Waals surface area contributed by atoms with Crippen molar-refractivity contribution >= 4 is 51.3 Å². The Labute approximate surface area is 137 Å². The molecule has 0 amide bonds. The van der Waals surface area contributed by atoms with Crippen LogP contribution in [0.5, 0.6) is 5.75 Å². The molecular formula is C15H12Cl2N4O. The summed E-state index contributed by atoms with van der Waals surface area (Å²) >= 11 is 11.9. The number of methoxy groups -OCH3 is 1. The van der Waals surface area contributed by atoms with Gasteiger partial charge in [0.1, 0.15) is 17.9 Å². The highest BCUT2D eigenvalue weighted by atomic mass is 35.5. The maximum Gasteiger partial charge on any atom is 0.143 e. The van der Waals surface area contributed by atoms with Crippen molar-refractivity contribution in [3.05, 3.63) is 46.7 Å². The van der Waals surface area contributed by atoms with Crippen molar-refractivity contribution in [2.24, 2.45) is 0 Å². The number of nitrogen functional groups attached to an aromatic ring is 1. The summed E-state index contributed by atoms with van der Waals surface area (Å²) in [7, 11) is 1.56. The topological polar surface area (TPSA) is 73.1 Å². The normalized spacial score (nSPS) is 10.7. The Morgan fingerprint density at radius 2 is 1.91 bits per heavy atom. The van der Waals surface area contributed by atoms with Crippen molar-refractivity contribution in [3.8, 4) is 5.75 Å². The van der Waals surface area contributed by atoms with E-state index in [4.69, 9.17) is 33.7 Å². The average Bonchev–Trinajstić information content (AvgIpc) is 2.51. The standard InChI is InChI=1S/C15H12Cl2N4O/c1-22-14-6-13-9(5-12(14)18)15(20-7-19-13)21-8-2-3-10(16)11(17)4-8/h2-7H,18H2,1H3,(H,19,20,21). The lowest BCUT2D eigenvalue weighted by Gasteiger charge is -2.11. The van der Waals surface area contributed by atoms with Gasteiger partial charge in [0, 0.05) is 17.1 Å². The van der Waals surface area contributed by atoms with Crippen LogP contribution < -0.4 is 15.8 Å². The first-order valence-corrected chi connectivity index (χ1v) is 7.14. The molecule has 0 fully saturated rings. The van der Waals surface area contributed by atoms with Gasteiger partial charge in [0.15, 0.2) is 0 Å². The van der Waals surface area contributed by atoms with E-state index in [1.165, 1.54) is 6.33 Å². The lowest BCUT2D eigenvalue weighted by Crippen LogP contribution is -1.98. The minimum Gasteiger partial charge on any atom is -0.495 e. The smallest absolute Gasteiger partial charge is 0.143 e. The van der Waals surface area contributed by atoms with Crippen LogP contribution in [0.25, 0.3) is 10.9 Å². The number of nitrogens with two attached hydrogens (primary N) is 1. The number of ether oxygens (including phenoxy) is 1. The van der Waals surface area contributed by atoms with Gasteiger partial charge in [0.25, 0.3) is 0 Å². The van der Waals surface area contributed by atoms with Crippen LogP contribution in [-0.4, -0.2) is 17.1 Å².